The molecule has 0 N–H and O–H groups in total. The predicted octanol–water partition coefficient (Wildman–Crippen LogP) is 2.97. The van der Waals surface area contributed by atoms with E-state index in [1.165, 1.54) is 37.7 Å². The highest BCUT2D eigenvalue weighted by Crippen LogP contribution is 2.32. The summed E-state index contributed by atoms with van der Waals surface area (Å²) in [6, 6.07) is 7.36. The third kappa shape index (κ3) is 2.67. The molecule has 0 heterocycles. The Morgan fingerprint density at radius 3 is 2.60 bits per heavy atom. The van der Waals surface area contributed by atoms with Crippen LogP contribution in [-0.4, -0.2) is 8.76 Å². The summed E-state index contributed by atoms with van der Waals surface area (Å²) in [5.74, 6) is 0.572. The van der Waals surface area contributed by atoms with Crippen molar-refractivity contribution in [1.82, 2.24) is 0 Å². The molecule has 0 radical (unpaired) electrons. The second-order valence-corrected chi connectivity index (χ2v) is 5.08. The zero-order valence-corrected chi connectivity index (χ0v) is 9.46. The lowest BCUT2D eigenvalue weighted by molar-refractivity contribution is 0.443. The van der Waals surface area contributed by atoms with Crippen molar-refractivity contribution in [3.8, 4) is 0 Å². The molecule has 1 aliphatic carbocycles. The predicted molar refractivity (Wildman–Crippen MR) is 59.5 cm³/mol. The zero-order chi connectivity index (χ0) is 10.7. The van der Waals surface area contributed by atoms with Gasteiger partial charge in [-0.1, -0.05) is 31.4 Å². The Kier molecular flexibility index (Phi) is 3.54. The second-order valence-electron chi connectivity index (χ2n) is 4.14. The summed E-state index contributed by atoms with van der Waals surface area (Å²) in [5.41, 5.74) is 1.19. The van der Waals surface area contributed by atoms with Gasteiger partial charge >= 0.3 is 0 Å². The van der Waals surface area contributed by atoms with Crippen LogP contribution in [0.2, 0.25) is 0 Å². The normalized spacial score (nSPS) is 20.1. The quantitative estimate of drug-likeness (QED) is 0.723. The van der Waals surface area contributed by atoms with Crippen LogP contribution in [0.4, 0.5) is 0 Å². The number of hydrogen-bond donors (Lipinski definition) is 0. The first-order chi connectivity index (χ1) is 7.27. The largest absolute Gasteiger partial charge is 0.768 e. The number of hydrogen-bond acceptors (Lipinski definition) is 2. The van der Waals surface area contributed by atoms with Crippen LogP contribution in [0.15, 0.2) is 29.2 Å². The molecule has 0 amide bonds. The van der Waals surface area contributed by atoms with E-state index in [-0.39, 0.29) is 0 Å². The standard InChI is InChI=1S/C12H16O2S/c13-15(14)12-8-4-7-11(9-12)10-5-2-1-3-6-10/h4,7-10H,1-3,5-6H2,(H,13,14)/p-1. The topological polar surface area (TPSA) is 40.1 Å². The van der Waals surface area contributed by atoms with E-state index in [1.807, 2.05) is 18.2 Å². The van der Waals surface area contributed by atoms with Gasteiger partial charge in [-0.2, -0.15) is 0 Å². The Hall–Kier alpha value is -0.670. The van der Waals surface area contributed by atoms with Crippen molar-refractivity contribution in [1.29, 1.82) is 0 Å². The molecule has 0 aromatic heterocycles. The maximum absolute atomic E-state index is 10.8. The van der Waals surface area contributed by atoms with E-state index < -0.39 is 11.1 Å². The fourth-order valence-electron chi connectivity index (χ4n) is 2.31. The number of benzene rings is 1. The van der Waals surface area contributed by atoms with E-state index in [0.29, 0.717) is 10.8 Å². The fourth-order valence-corrected chi connectivity index (χ4v) is 2.73. The van der Waals surface area contributed by atoms with Crippen LogP contribution in [-0.2, 0) is 11.1 Å². The molecule has 3 heteroatoms. The molecule has 1 fully saturated rings. The van der Waals surface area contributed by atoms with Crippen LogP contribution in [0.25, 0.3) is 0 Å². The summed E-state index contributed by atoms with van der Waals surface area (Å²) in [6.45, 7) is 0. The molecule has 1 aromatic carbocycles. The molecular weight excluding hydrogens is 208 g/mol. The van der Waals surface area contributed by atoms with Crippen molar-refractivity contribution in [2.24, 2.45) is 0 Å². The first-order valence-electron chi connectivity index (χ1n) is 5.46. The molecule has 1 unspecified atom stereocenters. The highest BCUT2D eigenvalue weighted by Gasteiger charge is 2.15. The molecule has 0 saturated heterocycles. The van der Waals surface area contributed by atoms with Gasteiger partial charge in [-0.3, -0.25) is 4.21 Å². The molecule has 0 aliphatic heterocycles. The molecular formula is C12H15O2S-. The third-order valence-electron chi connectivity index (χ3n) is 3.13. The Morgan fingerprint density at radius 1 is 1.20 bits per heavy atom. The molecule has 1 aliphatic rings. The average molecular weight is 223 g/mol. The van der Waals surface area contributed by atoms with Gasteiger partial charge in [0.15, 0.2) is 0 Å². The Labute approximate surface area is 93.0 Å². The molecule has 15 heavy (non-hydrogen) atoms. The van der Waals surface area contributed by atoms with Crippen LogP contribution in [0.3, 0.4) is 0 Å². The summed E-state index contributed by atoms with van der Waals surface area (Å²) in [7, 11) is 0. The second kappa shape index (κ2) is 4.90. The third-order valence-corrected chi connectivity index (χ3v) is 3.77. The van der Waals surface area contributed by atoms with Gasteiger partial charge in [0.2, 0.25) is 0 Å². The number of rotatable bonds is 2. The molecule has 82 valence electrons. The van der Waals surface area contributed by atoms with Crippen molar-refractivity contribution in [2.45, 2.75) is 42.9 Å². The van der Waals surface area contributed by atoms with Crippen LogP contribution >= 0.6 is 0 Å². The molecule has 2 rings (SSSR count). The van der Waals surface area contributed by atoms with Crippen molar-refractivity contribution in [2.75, 3.05) is 0 Å². The van der Waals surface area contributed by atoms with Gasteiger partial charge in [0.05, 0.1) is 0 Å². The van der Waals surface area contributed by atoms with Gasteiger partial charge in [-0.05, 0) is 47.5 Å². The lowest BCUT2D eigenvalue weighted by Gasteiger charge is -2.22. The minimum absolute atomic E-state index is 0.415. The van der Waals surface area contributed by atoms with Gasteiger partial charge in [-0.25, -0.2) is 0 Å². The Bertz CT molecular complexity index is 356. The van der Waals surface area contributed by atoms with E-state index in [9.17, 15) is 8.76 Å². The first kappa shape index (κ1) is 10.8. The molecule has 2 nitrogen and oxygen atoms in total. The van der Waals surface area contributed by atoms with Gasteiger partial charge < -0.3 is 4.55 Å². The fraction of sp³-hybridized carbons (Fsp3) is 0.500. The molecule has 1 saturated carbocycles. The zero-order valence-electron chi connectivity index (χ0n) is 8.65. The average Bonchev–Trinajstić information content (AvgIpc) is 2.30. The van der Waals surface area contributed by atoms with E-state index in [0.717, 1.165) is 0 Å². The van der Waals surface area contributed by atoms with Crippen LogP contribution in [0.5, 0.6) is 0 Å². The lowest BCUT2D eigenvalue weighted by Crippen LogP contribution is -2.05. The van der Waals surface area contributed by atoms with Gasteiger partial charge in [0.25, 0.3) is 0 Å². The highest BCUT2D eigenvalue weighted by molar-refractivity contribution is 7.79. The lowest BCUT2D eigenvalue weighted by atomic mass is 9.84. The molecule has 1 aromatic rings. The summed E-state index contributed by atoms with van der Waals surface area (Å²) in [6.07, 6.45) is 6.28. The van der Waals surface area contributed by atoms with Gasteiger partial charge in [0, 0.05) is 4.90 Å². The monoisotopic (exact) mass is 223 g/mol. The Balaban J connectivity index is 2.19. The smallest absolute Gasteiger partial charge is 0.0251 e. The van der Waals surface area contributed by atoms with Crippen LogP contribution < -0.4 is 0 Å². The summed E-state index contributed by atoms with van der Waals surface area (Å²) >= 11 is -2.09. The highest BCUT2D eigenvalue weighted by atomic mass is 32.2. The molecule has 1 atom stereocenters. The SMILES string of the molecule is O=S([O-])c1cccc(C2CCCCC2)c1. The van der Waals surface area contributed by atoms with Crippen molar-refractivity contribution < 1.29 is 8.76 Å². The van der Waals surface area contributed by atoms with E-state index in [1.54, 1.807) is 6.07 Å². The molecule has 0 spiro atoms. The minimum Gasteiger partial charge on any atom is -0.768 e. The maximum atomic E-state index is 10.8. The van der Waals surface area contributed by atoms with Crippen LogP contribution in [0, 0.1) is 0 Å². The Morgan fingerprint density at radius 2 is 1.93 bits per heavy atom. The summed E-state index contributed by atoms with van der Waals surface area (Å²) in [4.78, 5) is 0.415. The van der Waals surface area contributed by atoms with E-state index in [4.69, 9.17) is 0 Å². The van der Waals surface area contributed by atoms with Crippen LogP contribution in [0.1, 0.15) is 43.6 Å². The minimum atomic E-state index is -2.09. The first-order valence-corrected chi connectivity index (χ1v) is 6.54. The van der Waals surface area contributed by atoms with E-state index in [2.05, 4.69) is 0 Å². The maximum Gasteiger partial charge on any atom is 0.0251 e. The van der Waals surface area contributed by atoms with Gasteiger partial charge in [-0.15, -0.1) is 0 Å². The van der Waals surface area contributed by atoms with Crippen molar-refractivity contribution >= 4 is 11.1 Å². The summed E-state index contributed by atoms with van der Waals surface area (Å²) in [5, 5.41) is 0. The van der Waals surface area contributed by atoms with Crippen molar-refractivity contribution in [3.05, 3.63) is 29.8 Å². The summed E-state index contributed by atoms with van der Waals surface area (Å²) < 4.78 is 21.7. The molecule has 0 bridgehead atoms. The van der Waals surface area contributed by atoms with E-state index >= 15 is 0 Å². The van der Waals surface area contributed by atoms with Gasteiger partial charge in [0.1, 0.15) is 0 Å². The van der Waals surface area contributed by atoms with Crippen molar-refractivity contribution in [3.63, 3.8) is 0 Å².